The smallest absolute Gasteiger partial charge is 0.159 e. The molecule has 3 rings (SSSR count). The van der Waals surface area contributed by atoms with Gasteiger partial charge in [-0.05, 0) is 50.2 Å². The summed E-state index contributed by atoms with van der Waals surface area (Å²) < 4.78 is 13.9. The van der Waals surface area contributed by atoms with Crippen molar-refractivity contribution in [1.29, 1.82) is 5.26 Å². The van der Waals surface area contributed by atoms with Gasteiger partial charge in [-0.3, -0.25) is 9.69 Å². The monoisotopic (exact) mass is 380 g/mol. The van der Waals surface area contributed by atoms with E-state index < -0.39 is 0 Å². The summed E-state index contributed by atoms with van der Waals surface area (Å²) in [5.41, 5.74) is 2.53. The van der Waals surface area contributed by atoms with Crippen LogP contribution in [0.25, 0.3) is 0 Å². The molecular weight excluding hydrogens is 355 g/mol. The molecule has 2 aromatic carbocycles. The van der Waals surface area contributed by atoms with Gasteiger partial charge in [0.25, 0.3) is 0 Å². The van der Waals surface area contributed by atoms with Crippen molar-refractivity contribution in [3.05, 3.63) is 59.4 Å². The third kappa shape index (κ3) is 4.87. The second-order valence-electron chi connectivity index (χ2n) is 6.99. The van der Waals surface area contributed by atoms with Crippen LogP contribution in [0, 0.1) is 17.1 Å². The topological polar surface area (TPSA) is 59.4 Å². The molecule has 1 N–H and O–H groups in total. The molecule has 2 aromatic rings. The molecule has 5 nitrogen and oxygen atoms in total. The lowest BCUT2D eigenvalue weighted by Crippen LogP contribution is -2.47. The molecule has 0 atom stereocenters. The molecular formula is C22H25FN4O. The Hall–Kier alpha value is -2.91. The van der Waals surface area contributed by atoms with E-state index in [0.717, 1.165) is 45.7 Å². The molecule has 0 amide bonds. The molecule has 0 radical (unpaired) electrons. The molecule has 1 aliphatic rings. The SMILES string of the molecule is CC(=O)c1ccc(C#N)c(NCCCN2CCN(c3ccccc3F)CC2)c1. The van der Waals surface area contributed by atoms with Gasteiger partial charge in [-0.25, -0.2) is 4.39 Å². The molecule has 1 heterocycles. The third-order valence-corrected chi connectivity index (χ3v) is 5.08. The zero-order valence-corrected chi connectivity index (χ0v) is 16.1. The van der Waals surface area contributed by atoms with Crippen LogP contribution in [0.3, 0.4) is 0 Å². The van der Waals surface area contributed by atoms with Crippen LogP contribution in [0.2, 0.25) is 0 Å². The average Bonchev–Trinajstić information content (AvgIpc) is 2.72. The molecule has 0 spiro atoms. The van der Waals surface area contributed by atoms with Crippen molar-refractivity contribution >= 4 is 17.2 Å². The molecule has 6 heteroatoms. The van der Waals surface area contributed by atoms with Gasteiger partial charge in [-0.15, -0.1) is 0 Å². The number of nitrogens with one attached hydrogen (secondary N) is 1. The number of carbonyl (C=O) groups is 1. The Morgan fingerprint density at radius 3 is 2.61 bits per heavy atom. The highest BCUT2D eigenvalue weighted by molar-refractivity contribution is 5.95. The highest BCUT2D eigenvalue weighted by Gasteiger charge is 2.18. The van der Waals surface area contributed by atoms with E-state index >= 15 is 0 Å². The van der Waals surface area contributed by atoms with Gasteiger partial charge in [0.05, 0.1) is 16.9 Å². The highest BCUT2D eigenvalue weighted by Crippen LogP contribution is 2.20. The number of para-hydroxylation sites is 1. The van der Waals surface area contributed by atoms with Crippen LogP contribution in [0.4, 0.5) is 15.8 Å². The maximum Gasteiger partial charge on any atom is 0.159 e. The number of benzene rings is 2. The Labute approximate surface area is 165 Å². The lowest BCUT2D eigenvalue weighted by Gasteiger charge is -2.36. The van der Waals surface area contributed by atoms with E-state index in [4.69, 9.17) is 0 Å². The van der Waals surface area contributed by atoms with Gasteiger partial charge in [-0.1, -0.05) is 12.1 Å². The maximum absolute atomic E-state index is 13.9. The van der Waals surface area contributed by atoms with Gasteiger partial charge in [-0.2, -0.15) is 5.26 Å². The summed E-state index contributed by atoms with van der Waals surface area (Å²) in [5.74, 6) is -0.179. The summed E-state index contributed by atoms with van der Waals surface area (Å²) in [6.07, 6.45) is 0.925. The largest absolute Gasteiger partial charge is 0.384 e. The zero-order valence-electron chi connectivity index (χ0n) is 16.1. The van der Waals surface area contributed by atoms with Crippen LogP contribution in [0.1, 0.15) is 29.3 Å². The number of anilines is 2. The fourth-order valence-corrected chi connectivity index (χ4v) is 3.45. The molecule has 1 saturated heterocycles. The number of ketones is 1. The minimum Gasteiger partial charge on any atom is -0.384 e. The molecule has 146 valence electrons. The molecule has 1 aliphatic heterocycles. The first kappa shape index (κ1) is 19.8. The van der Waals surface area contributed by atoms with Crippen molar-refractivity contribution in [3.63, 3.8) is 0 Å². The van der Waals surface area contributed by atoms with Crippen LogP contribution in [0.5, 0.6) is 0 Å². The number of carbonyl (C=O) groups excluding carboxylic acids is 1. The molecule has 0 saturated carbocycles. The van der Waals surface area contributed by atoms with Crippen molar-refractivity contribution in [3.8, 4) is 6.07 Å². The fraction of sp³-hybridized carbons (Fsp3) is 0.364. The minimum absolute atomic E-state index is 0.0136. The first-order valence-electron chi connectivity index (χ1n) is 9.59. The summed E-state index contributed by atoms with van der Waals surface area (Å²) in [6.45, 7) is 6.61. The summed E-state index contributed by atoms with van der Waals surface area (Å²) in [6, 6.07) is 14.2. The third-order valence-electron chi connectivity index (χ3n) is 5.08. The lowest BCUT2D eigenvalue weighted by atomic mass is 10.1. The average molecular weight is 380 g/mol. The number of Topliss-reactive ketones (excluding diaryl/α,β-unsaturated/α-hetero) is 1. The normalized spacial score (nSPS) is 14.5. The Balaban J connectivity index is 1.45. The van der Waals surface area contributed by atoms with Gasteiger partial charge >= 0.3 is 0 Å². The number of halogens is 1. The van der Waals surface area contributed by atoms with E-state index in [1.54, 1.807) is 24.3 Å². The predicted molar refractivity (Wildman–Crippen MR) is 109 cm³/mol. The number of nitrogens with zero attached hydrogens (tertiary/aromatic N) is 3. The summed E-state index contributed by atoms with van der Waals surface area (Å²) in [5, 5.41) is 12.5. The van der Waals surface area contributed by atoms with Crippen molar-refractivity contribution in [2.45, 2.75) is 13.3 Å². The Morgan fingerprint density at radius 2 is 1.93 bits per heavy atom. The summed E-state index contributed by atoms with van der Waals surface area (Å²) >= 11 is 0. The van der Waals surface area contributed by atoms with E-state index in [1.807, 2.05) is 12.1 Å². The van der Waals surface area contributed by atoms with Crippen molar-refractivity contribution in [2.24, 2.45) is 0 Å². The van der Waals surface area contributed by atoms with Gasteiger partial charge < -0.3 is 10.2 Å². The summed E-state index contributed by atoms with van der Waals surface area (Å²) in [4.78, 5) is 16.0. The maximum atomic E-state index is 13.9. The van der Waals surface area contributed by atoms with Gasteiger partial charge in [0.15, 0.2) is 5.78 Å². The molecule has 0 unspecified atom stereocenters. The molecule has 1 fully saturated rings. The first-order valence-corrected chi connectivity index (χ1v) is 9.59. The Bertz CT molecular complexity index is 869. The molecule has 0 bridgehead atoms. The number of hydrogen-bond acceptors (Lipinski definition) is 5. The number of nitriles is 1. The van der Waals surface area contributed by atoms with Gasteiger partial charge in [0.2, 0.25) is 0 Å². The van der Waals surface area contributed by atoms with Crippen LogP contribution in [-0.2, 0) is 0 Å². The molecule has 0 aromatic heterocycles. The van der Waals surface area contributed by atoms with E-state index in [2.05, 4.69) is 21.2 Å². The molecule has 0 aliphatic carbocycles. The zero-order chi connectivity index (χ0) is 19.9. The van der Waals surface area contributed by atoms with Crippen LogP contribution < -0.4 is 10.2 Å². The minimum atomic E-state index is -0.166. The van der Waals surface area contributed by atoms with E-state index in [1.165, 1.54) is 13.0 Å². The van der Waals surface area contributed by atoms with E-state index in [9.17, 15) is 14.4 Å². The Morgan fingerprint density at radius 1 is 1.18 bits per heavy atom. The van der Waals surface area contributed by atoms with Crippen molar-refractivity contribution < 1.29 is 9.18 Å². The van der Waals surface area contributed by atoms with Gasteiger partial charge in [0, 0.05) is 38.3 Å². The number of rotatable bonds is 7. The standard InChI is InChI=1S/C22H25FN4O/c1-17(28)18-7-8-19(16-24)21(15-18)25-9-4-10-26-11-13-27(14-12-26)22-6-3-2-5-20(22)23/h2-3,5-8,15,25H,4,9-14H2,1H3. The number of piperazine rings is 1. The van der Waals surface area contributed by atoms with Crippen molar-refractivity contribution in [1.82, 2.24) is 4.90 Å². The Kier molecular flexibility index (Phi) is 6.62. The van der Waals surface area contributed by atoms with E-state index in [-0.39, 0.29) is 11.6 Å². The highest BCUT2D eigenvalue weighted by atomic mass is 19.1. The summed E-state index contributed by atoms with van der Waals surface area (Å²) in [7, 11) is 0. The lowest BCUT2D eigenvalue weighted by molar-refractivity contribution is 0.101. The van der Waals surface area contributed by atoms with E-state index in [0.29, 0.717) is 22.5 Å². The van der Waals surface area contributed by atoms with Gasteiger partial charge in [0.1, 0.15) is 11.9 Å². The second-order valence-corrected chi connectivity index (χ2v) is 6.99. The molecule has 28 heavy (non-hydrogen) atoms. The first-order chi connectivity index (χ1) is 13.6. The van der Waals surface area contributed by atoms with Crippen LogP contribution in [-0.4, -0.2) is 50.0 Å². The second kappa shape index (κ2) is 9.34. The van der Waals surface area contributed by atoms with Crippen LogP contribution in [0.15, 0.2) is 42.5 Å². The number of hydrogen-bond donors (Lipinski definition) is 1. The van der Waals surface area contributed by atoms with Crippen molar-refractivity contribution in [2.75, 3.05) is 49.5 Å². The fourth-order valence-electron chi connectivity index (χ4n) is 3.45. The predicted octanol–water partition coefficient (Wildman–Crippen LogP) is 3.52. The van der Waals surface area contributed by atoms with Crippen LogP contribution >= 0.6 is 0 Å². The quantitative estimate of drug-likeness (QED) is 0.588.